The monoisotopic (exact) mass is 232 g/mol. The number of aromatic amines is 1. The van der Waals surface area contributed by atoms with Crippen LogP contribution in [-0.2, 0) is 19.3 Å². The summed E-state index contributed by atoms with van der Waals surface area (Å²) in [6, 6.07) is 7.98. The van der Waals surface area contributed by atoms with Gasteiger partial charge in [0.1, 0.15) is 0 Å². The van der Waals surface area contributed by atoms with Crippen molar-refractivity contribution in [2.75, 3.05) is 0 Å². The van der Waals surface area contributed by atoms with E-state index in [-0.39, 0.29) is 0 Å². The van der Waals surface area contributed by atoms with E-state index in [2.05, 4.69) is 16.3 Å². The molecule has 3 heteroatoms. The first-order chi connectivity index (χ1) is 7.84. The van der Waals surface area contributed by atoms with Gasteiger partial charge in [-0.05, 0) is 36.5 Å². The zero-order chi connectivity index (χ0) is 11.0. The number of nitrogens with one attached hydrogen (secondary N) is 1. The first-order valence-electron chi connectivity index (χ1n) is 5.63. The van der Waals surface area contributed by atoms with Crippen LogP contribution in [0.25, 0.3) is 0 Å². The molecule has 0 saturated carbocycles. The van der Waals surface area contributed by atoms with Gasteiger partial charge in [-0.1, -0.05) is 29.8 Å². The second-order valence-electron chi connectivity index (χ2n) is 4.25. The van der Waals surface area contributed by atoms with Crippen LogP contribution in [0, 0.1) is 0 Å². The third-order valence-corrected chi connectivity index (χ3v) is 3.58. The van der Waals surface area contributed by atoms with E-state index in [0.29, 0.717) is 0 Å². The lowest BCUT2D eigenvalue weighted by Gasteiger charge is -2.02. The van der Waals surface area contributed by atoms with Crippen LogP contribution in [0.15, 0.2) is 24.3 Å². The third kappa shape index (κ3) is 1.63. The van der Waals surface area contributed by atoms with Crippen molar-refractivity contribution in [3.8, 4) is 0 Å². The molecule has 0 spiro atoms. The molecule has 0 bridgehead atoms. The molecule has 0 amide bonds. The Morgan fingerprint density at radius 2 is 2.12 bits per heavy atom. The molecule has 1 heterocycles. The second-order valence-corrected chi connectivity index (χ2v) is 4.66. The summed E-state index contributed by atoms with van der Waals surface area (Å²) in [5.41, 5.74) is 5.06. The molecule has 1 N–H and O–H groups in total. The summed E-state index contributed by atoms with van der Waals surface area (Å²) in [4.78, 5) is 0. The van der Waals surface area contributed by atoms with Crippen molar-refractivity contribution >= 4 is 11.6 Å². The molecule has 0 atom stereocenters. The van der Waals surface area contributed by atoms with Gasteiger partial charge in [0, 0.05) is 17.1 Å². The van der Waals surface area contributed by atoms with Gasteiger partial charge in [0.2, 0.25) is 0 Å². The highest BCUT2D eigenvalue weighted by Gasteiger charge is 2.18. The molecule has 0 unspecified atom stereocenters. The van der Waals surface area contributed by atoms with Crippen LogP contribution in [0.1, 0.15) is 28.9 Å². The number of aryl methyl sites for hydroxylation is 1. The Bertz CT molecular complexity index is 516. The van der Waals surface area contributed by atoms with Gasteiger partial charge in [-0.15, -0.1) is 0 Å². The summed E-state index contributed by atoms with van der Waals surface area (Å²) < 4.78 is 0. The van der Waals surface area contributed by atoms with E-state index in [4.69, 9.17) is 11.6 Å². The molecule has 1 aromatic carbocycles. The van der Waals surface area contributed by atoms with Crippen LogP contribution in [-0.4, -0.2) is 10.2 Å². The fourth-order valence-electron chi connectivity index (χ4n) is 2.36. The molecular formula is C13H13ClN2. The standard InChI is InChI=1S/C13H13ClN2/c14-11-6-2-1-4-9(11)8-13-10-5-3-7-12(10)15-16-13/h1-2,4,6H,3,5,7-8H2,(H,15,16). The number of rotatable bonds is 2. The van der Waals surface area contributed by atoms with Crippen molar-refractivity contribution in [3.63, 3.8) is 0 Å². The Hall–Kier alpha value is -1.28. The van der Waals surface area contributed by atoms with Crippen LogP contribution < -0.4 is 0 Å². The summed E-state index contributed by atoms with van der Waals surface area (Å²) in [7, 11) is 0. The third-order valence-electron chi connectivity index (χ3n) is 3.21. The van der Waals surface area contributed by atoms with E-state index in [1.807, 2.05) is 18.2 Å². The number of hydrogen-bond donors (Lipinski definition) is 1. The molecule has 16 heavy (non-hydrogen) atoms. The van der Waals surface area contributed by atoms with Gasteiger partial charge in [0.05, 0.1) is 5.69 Å². The van der Waals surface area contributed by atoms with Crippen LogP contribution in [0.3, 0.4) is 0 Å². The fraction of sp³-hybridized carbons (Fsp3) is 0.308. The lowest BCUT2D eigenvalue weighted by Crippen LogP contribution is -1.93. The van der Waals surface area contributed by atoms with E-state index >= 15 is 0 Å². The number of fused-ring (bicyclic) bond motifs is 1. The van der Waals surface area contributed by atoms with Crippen LogP contribution in [0.5, 0.6) is 0 Å². The maximum atomic E-state index is 6.15. The zero-order valence-electron chi connectivity index (χ0n) is 8.96. The number of nitrogens with zero attached hydrogens (tertiary/aromatic N) is 1. The Morgan fingerprint density at radius 3 is 3.00 bits per heavy atom. The normalized spacial score (nSPS) is 14.1. The molecule has 1 aliphatic carbocycles. The average molecular weight is 233 g/mol. The molecule has 0 aliphatic heterocycles. The highest BCUT2D eigenvalue weighted by atomic mass is 35.5. The van der Waals surface area contributed by atoms with E-state index in [9.17, 15) is 0 Å². The predicted molar refractivity (Wildman–Crippen MR) is 64.9 cm³/mol. The van der Waals surface area contributed by atoms with Crippen molar-refractivity contribution in [3.05, 3.63) is 51.8 Å². The van der Waals surface area contributed by atoms with Crippen molar-refractivity contribution < 1.29 is 0 Å². The summed E-state index contributed by atoms with van der Waals surface area (Å²) in [6.07, 6.45) is 4.39. The van der Waals surface area contributed by atoms with Crippen LogP contribution in [0.4, 0.5) is 0 Å². The molecule has 1 aromatic heterocycles. The summed E-state index contributed by atoms with van der Waals surface area (Å²) in [5, 5.41) is 8.35. The van der Waals surface area contributed by atoms with Crippen LogP contribution in [0.2, 0.25) is 5.02 Å². The molecule has 1 aliphatic rings. The minimum Gasteiger partial charge on any atom is -0.282 e. The zero-order valence-corrected chi connectivity index (χ0v) is 9.72. The smallest absolute Gasteiger partial charge is 0.0701 e. The van der Waals surface area contributed by atoms with Gasteiger partial charge in [-0.2, -0.15) is 5.10 Å². The van der Waals surface area contributed by atoms with Crippen molar-refractivity contribution in [2.45, 2.75) is 25.7 Å². The highest BCUT2D eigenvalue weighted by Crippen LogP contribution is 2.26. The van der Waals surface area contributed by atoms with Crippen molar-refractivity contribution in [2.24, 2.45) is 0 Å². The van der Waals surface area contributed by atoms with Gasteiger partial charge in [-0.25, -0.2) is 0 Å². The average Bonchev–Trinajstić information content (AvgIpc) is 2.86. The first kappa shape index (κ1) is 9.91. The minimum atomic E-state index is 0.831. The van der Waals surface area contributed by atoms with E-state index < -0.39 is 0 Å². The molecule has 2 nitrogen and oxygen atoms in total. The molecule has 2 aromatic rings. The van der Waals surface area contributed by atoms with Gasteiger partial charge in [0.15, 0.2) is 0 Å². The maximum Gasteiger partial charge on any atom is 0.0701 e. The Labute approximate surface area is 99.6 Å². The number of hydrogen-bond acceptors (Lipinski definition) is 1. The van der Waals surface area contributed by atoms with Gasteiger partial charge < -0.3 is 0 Å². The molecule has 0 saturated heterocycles. The Morgan fingerprint density at radius 1 is 1.25 bits per heavy atom. The molecule has 0 radical (unpaired) electrons. The van der Waals surface area contributed by atoms with E-state index in [1.54, 1.807) is 0 Å². The summed E-state index contributed by atoms with van der Waals surface area (Å²) >= 11 is 6.15. The number of benzene rings is 1. The number of aromatic nitrogens is 2. The van der Waals surface area contributed by atoms with Crippen molar-refractivity contribution in [1.82, 2.24) is 10.2 Å². The SMILES string of the molecule is Clc1ccccc1Cc1n[nH]c2c1CCC2. The quantitative estimate of drug-likeness (QED) is 0.847. The molecular weight excluding hydrogens is 220 g/mol. The molecule has 82 valence electrons. The summed E-state index contributed by atoms with van der Waals surface area (Å²) in [6.45, 7) is 0. The lowest BCUT2D eigenvalue weighted by atomic mass is 10.1. The number of H-pyrrole nitrogens is 1. The van der Waals surface area contributed by atoms with E-state index in [0.717, 1.165) is 29.8 Å². The maximum absolute atomic E-state index is 6.15. The predicted octanol–water partition coefficient (Wildman–Crippen LogP) is 3.14. The second kappa shape index (κ2) is 3.95. The Balaban J connectivity index is 1.92. The number of halogens is 1. The van der Waals surface area contributed by atoms with Gasteiger partial charge >= 0.3 is 0 Å². The van der Waals surface area contributed by atoms with Crippen LogP contribution >= 0.6 is 11.6 Å². The van der Waals surface area contributed by atoms with Gasteiger partial charge in [0.25, 0.3) is 0 Å². The van der Waals surface area contributed by atoms with Gasteiger partial charge in [-0.3, -0.25) is 5.10 Å². The van der Waals surface area contributed by atoms with E-state index in [1.165, 1.54) is 23.4 Å². The Kier molecular flexibility index (Phi) is 2.44. The summed E-state index contributed by atoms with van der Waals surface area (Å²) in [5.74, 6) is 0. The fourth-order valence-corrected chi connectivity index (χ4v) is 2.56. The minimum absolute atomic E-state index is 0.831. The molecule has 0 fully saturated rings. The first-order valence-corrected chi connectivity index (χ1v) is 6.01. The molecule has 3 rings (SSSR count). The lowest BCUT2D eigenvalue weighted by molar-refractivity contribution is 0.844. The topological polar surface area (TPSA) is 28.7 Å². The highest BCUT2D eigenvalue weighted by molar-refractivity contribution is 6.31. The largest absolute Gasteiger partial charge is 0.282 e. The van der Waals surface area contributed by atoms with Crippen molar-refractivity contribution in [1.29, 1.82) is 0 Å².